The number of hydrogen-bond acceptors (Lipinski definition) is 8. The first-order valence-corrected chi connectivity index (χ1v) is 24.0. The zero-order chi connectivity index (χ0) is 43.0. The minimum Gasteiger partial charge on any atom is -0.394 e. The van der Waals surface area contributed by atoms with Crippen molar-refractivity contribution in [3.63, 3.8) is 0 Å². The molecule has 1 fully saturated rings. The van der Waals surface area contributed by atoms with Gasteiger partial charge in [0.15, 0.2) is 6.29 Å². The molecule has 1 saturated heterocycles. The third kappa shape index (κ3) is 30.6. The average Bonchev–Trinajstić information content (AvgIpc) is 3.23. The Hall–Kier alpha value is -2.11. The van der Waals surface area contributed by atoms with Gasteiger partial charge in [0.25, 0.3) is 0 Å². The van der Waals surface area contributed by atoms with Crippen LogP contribution in [0.3, 0.4) is 0 Å². The summed E-state index contributed by atoms with van der Waals surface area (Å²) in [4.78, 5) is 13.0. The topological polar surface area (TPSA) is 149 Å². The standard InChI is InChI=1S/C50H89NO8/c1-3-5-7-9-11-13-15-17-19-21-22-23-24-25-27-29-31-33-35-37-39-44(53)43(42-58-50-49(57)48(56)47(55)45(41-52)59-50)51-46(54)40-38-36-34-32-30-28-26-20-18-16-14-12-10-8-6-4-2/h14,16,20,23-24,26,29,31,37,39,43-45,47-50,52-53,55-57H,3-13,15,17-19,21-22,25,27-28,30,32-36,38,40-42H2,1-2H3,(H,51,54)/b16-14-,24-23+,26-20-,31-29+,39-37+. The molecular formula is C50H89NO8. The molecule has 1 amide bonds. The molecule has 9 nitrogen and oxygen atoms in total. The summed E-state index contributed by atoms with van der Waals surface area (Å²) < 4.78 is 11.2. The van der Waals surface area contributed by atoms with Gasteiger partial charge in [-0.3, -0.25) is 4.79 Å². The lowest BCUT2D eigenvalue weighted by atomic mass is 9.99. The summed E-state index contributed by atoms with van der Waals surface area (Å²) in [6, 6.07) is -0.837. The molecule has 342 valence electrons. The SMILES string of the molecule is CCCCCC/C=C\C/C=C\CCCCCCCC(=O)NC(COC1OC(CO)C(O)C(O)C1O)C(O)/C=C/CC/C=C/CC/C=C/CCCCCCCCCCCC. The lowest BCUT2D eigenvalue weighted by molar-refractivity contribution is -0.302. The number of aliphatic hydroxyl groups excluding tert-OH is 5. The quantitative estimate of drug-likeness (QED) is 0.0265. The van der Waals surface area contributed by atoms with Crippen molar-refractivity contribution in [1.82, 2.24) is 5.32 Å². The number of allylic oxidation sites excluding steroid dienone is 9. The van der Waals surface area contributed by atoms with Crippen molar-refractivity contribution >= 4 is 5.91 Å². The van der Waals surface area contributed by atoms with Crippen LogP contribution >= 0.6 is 0 Å². The van der Waals surface area contributed by atoms with E-state index < -0.39 is 49.5 Å². The fraction of sp³-hybridized carbons (Fsp3) is 0.780. The minimum atomic E-state index is -1.58. The van der Waals surface area contributed by atoms with Crippen LogP contribution in [0.1, 0.15) is 194 Å². The van der Waals surface area contributed by atoms with Gasteiger partial charge in [0.05, 0.1) is 25.4 Å². The molecule has 0 saturated carbocycles. The molecule has 1 heterocycles. The van der Waals surface area contributed by atoms with Gasteiger partial charge in [-0.2, -0.15) is 0 Å². The average molecular weight is 832 g/mol. The molecule has 0 aliphatic carbocycles. The van der Waals surface area contributed by atoms with Gasteiger partial charge < -0.3 is 40.3 Å². The van der Waals surface area contributed by atoms with E-state index in [9.17, 15) is 30.3 Å². The second kappa shape index (κ2) is 40.0. The van der Waals surface area contributed by atoms with E-state index in [1.807, 2.05) is 6.08 Å². The summed E-state index contributed by atoms with van der Waals surface area (Å²) in [5, 5.41) is 54.2. The second-order valence-corrected chi connectivity index (χ2v) is 16.5. The highest BCUT2D eigenvalue weighted by atomic mass is 16.7. The normalized spacial score (nSPS) is 21.2. The molecule has 6 N–H and O–H groups in total. The maximum atomic E-state index is 13.0. The number of aliphatic hydroxyl groups is 5. The van der Waals surface area contributed by atoms with Crippen LogP contribution in [0, 0.1) is 0 Å². The summed E-state index contributed by atoms with van der Waals surface area (Å²) in [6.07, 6.45) is 45.5. The van der Waals surface area contributed by atoms with Gasteiger partial charge in [0, 0.05) is 6.42 Å². The zero-order valence-electron chi connectivity index (χ0n) is 37.5. The Balaban J connectivity index is 2.40. The number of ether oxygens (including phenoxy) is 2. The summed E-state index contributed by atoms with van der Waals surface area (Å²) in [7, 11) is 0. The Morgan fingerprint density at radius 3 is 1.54 bits per heavy atom. The number of carbonyl (C=O) groups excluding carboxylic acids is 1. The highest BCUT2D eigenvalue weighted by molar-refractivity contribution is 5.76. The van der Waals surface area contributed by atoms with Gasteiger partial charge in [-0.1, -0.05) is 171 Å². The molecule has 7 atom stereocenters. The summed E-state index contributed by atoms with van der Waals surface area (Å²) in [5.74, 6) is -0.207. The number of amides is 1. The van der Waals surface area contributed by atoms with E-state index in [-0.39, 0.29) is 12.5 Å². The van der Waals surface area contributed by atoms with E-state index >= 15 is 0 Å². The first-order valence-electron chi connectivity index (χ1n) is 24.0. The Kier molecular flexibility index (Phi) is 37.2. The molecule has 1 aliphatic heterocycles. The molecule has 0 bridgehead atoms. The molecule has 1 rings (SSSR count). The molecule has 0 aromatic rings. The van der Waals surface area contributed by atoms with Crippen LogP contribution in [-0.2, 0) is 14.3 Å². The van der Waals surface area contributed by atoms with Gasteiger partial charge in [0.1, 0.15) is 24.4 Å². The molecule has 7 unspecified atom stereocenters. The molecule has 0 aromatic heterocycles. The Labute approximate surface area is 360 Å². The van der Waals surface area contributed by atoms with E-state index in [4.69, 9.17) is 9.47 Å². The number of nitrogens with one attached hydrogen (secondary N) is 1. The lowest BCUT2D eigenvalue weighted by Gasteiger charge is -2.40. The van der Waals surface area contributed by atoms with Crippen LogP contribution in [0.5, 0.6) is 0 Å². The van der Waals surface area contributed by atoms with E-state index in [0.29, 0.717) is 6.42 Å². The number of hydrogen-bond donors (Lipinski definition) is 6. The molecular weight excluding hydrogens is 743 g/mol. The van der Waals surface area contributed by atoms with Gasteiger partial charge in [0.2, 0.25) is 5.91 Å². The highest BCUT2D eigenvalue weighted by Crippen LogP contribution is 2.22. The smallest absolute Gasteiger partial charge is 0.220 e. The van der Waals surface area contributed by atoms with Crippen LogP contribution in [-0.4, -0.2) is 87.5 Å². The Morgan fingerprint density at radius 1 is 0.576 bits per heavy atom. The van der Waals surface area contributed by atoms with Gasteiger partial charge >= 0.3 is 0 Å². The number of carbonyl (C=O) groups is 1. The molecule has 9 heteroatoms. The van der Waals surface area contributed by atoms with E-state index in [0.717, 1.165) is 70.6 Å². The predicted octanol–water partition coefficient (Wildman–Crippen LogP) is 10.4. The fourth-order valence-electron chi connectivity index (χ4n) is 7.16. The van der Waals surface area contributed by atoms with Crippen molar-refractivity contribution in [3.8, 4) is 0 Å². The monoisotopic (exact) mass is 832 g/mol. The van der Waals surface area contributed by atoms with Crippen molar-refractivity contribution < 1.29 is 39.8 Å². The zero-order valence-corrected chi connectivity index (χ0v) is 37.5. The number of rotatable bonds is 39. The third-order valence-corrected chi connectivity index (χ3v) is 11.0. The number of unbranched alkanes of at least 4 members (excludes halogenated alkanes) is 21. The lowest BCUT2D eigenvalue weighted by Crippen LogP contribution is -2.60. The largest absolute Gasteiger partial charge is 0.394 e. The summed E-state index contributed by atoms with van der Waals surface area (Å²) in [5.41, 5.74) is 0. The molecule has 0 radical (unpaired) electrons. The van der Waals surface area contributed by atoms with Crippen LogP contribution in [0.4, 0.5) is 0 Å². The van der Waals surface area contributed by atoms with Gasteiger partial charge in [-0.05, 0) is 77.0 Å². The first-order chi connectivity index (χ1) is 28.8. The highest BCUT2D eigenvalue weighted by Gasteiger charge is 2.44. The maximum Gasteiger partial charge on any atom is 0.220 e. The van der Waals surface area contributed by atoms with Crippen LogP contribution in [0.15, 0.2) is 60.8 Å². The van der Waals surface area contributed by atoms with E-state index in [1.165, 1.54) is 103 Å². The summed E-state index contributed by atoms with van der Waals surface area (Å²) in [6.45, 7) is 3.72. The van der Waals surface area contributed by atoms with E-state index in [2.05, 4.69) is 67.8 Å². The first kappa shape index (κ1) is 54.9. The van der Waals surface area contributed by atoms with E-state index in [1.54, 1.807) is 6.08 Å². The van der Waals surface area contributed by atoms with Crippen molar-refractivity contribution in [1.29, 1.82) is 0 Å². The van der Waals surface area contributed by atoms with Gasteiger partial charge in [-0.25, -0.2) is 0 Å². The minimum absolute atomic E-state index is 0.207. The van der Waals surface area contributed by atoms with Crippen molar-refractivity contribution in [3.05, 3.63) is 60.8 Å². The molecule has 0 spiro atoms. The maximum absolute atomic E-state index is 13.0. The van der Waals surface area contributed by atoms with Gasteiger partial charge in [-0.15, -0.1) is 0 Å². The van der Waals surface area contributed by atoms with Crippen molar-refractivity contribution in [2.45, 2.75) is 236 Å². The summed E-state index contributed by atoms with van der Waals surface area (Å²) >= 11 is 0. The Bertz CT molecular complexity index is 1100. The second-order valence-electron chi connectivity index (χ2n) is 16.5. The fourth-order valence-corrected chi connectivity index (χ4v) is 7.16. The van der Waals surface area contributed by atoms with Crippen molar-refractivity contribution in [2.75, 3.05) is 13.2 Å². The molecule has 0 aromatic carbocycles. The molecule has 59 heavy (non-hydrogen) atoms. The van der Waals surface area contributed by atoms with Crippen LogP contribution in [0.2, 0.25) is 0 Å². The van der Waals surface area contributed by atoms with Crippen LogP contribution < -0.4 is 5.32 Å². The molecule has 1 aliphatic rings. The predicted molar refractivity (Wildman–Crippen MR) is 244 cm³/mol. The Morgan fingerprint density at radius 2 is 1.02 bits per heavy atom. The van der Waals surface area contributed by atoms with Crippen molar-refractivity contribution in [2.24, 2.45) is 0 Å². The van der Waals surface area contributed by atoms with Crippen LogP contribution in [0.25, 0.3) is 0 Å². The third-order valence-electron chi connectivity index (χ3n) is 11.0.